The summed E-state index contributed by atoms with van der Waals surface area (Å²) in [5.41, 5.74) is 13.2. The monoisotopic (exact) mass is 896 g/mol. The highest BCUT2D eigenvalue weighted by atomic mass is 127. The van der Waals surface area contributed by atoms with E-state index in [-0.39, 0.29) is 15.4 Å². The van der Waals surface area contributed by atoms with E-state index in [9.17, 15) is 0 Å². The highest BCUT2D eigenvalue weighted by Crippen LogP contribution is 2.60. The maximum Gasteiger partial charge on any atom is 0.179 e. The van der Waals surface area contributed by atoms with Gasteiger partial charge >= 0.3 is 0 Å². The minimum absolute atomic E-state index is 0.128. The largest absolute Gasteiger partial charge is 0.333 e. The van der Waals surface area contributed by atoms with Crippen LogP contribution in [0.4, 0.5) is 11.4 Å². The molecular formula is C56H41IN2Si. The Morgan fingerprint density at radius 1 is 0.500 bits per heavy atom. The van der Waals surface area contributed by atoms with Crippen molar-refractivity contribution in [3.63, 3.8) is 0 Å². The molecule has 3 unspecified atom stereocenters. The summed E-state index contributed by atoms with van der Waals surface area (Å²) >= 11 is 2.72. The molecule has 60 heavy (non-hydrogen) atoms. The van der Waals surface area contributed by atoms with Gasteiger partial charge in [0.05, 0.1) is 20.5 Å². The molecule has 0 amide bonds. The van der Waals surface area contributed by atoms with Gasteiger partial charge in [-0.3, -0.25) is 0 Å². The highest BCUT2D eigenvalue weighted by Gasteiger charge is 2.48. The Morgan fingerprint density at radius 3 is 1.73 bits per heavy atom. The number of rotatable bonds is 6. The zero-order chi connectivity index (χ0) is 40.0. The second kappa shape index (κ2) is 13.7. The number of nitrogens with zero attached hydrogens (tertiary/aromatic N) is 2. The van der Waals surface area contributed by atoms with E-state index in [2.05, 4.69) is 257 Å². The van der Waals surface area contributed by atoms with Crippen molar-refractivity contribution < 1.29 is 0 Å². The van der Waals surface area contributed by atoms with E-state index < -0.39 is 8.07 Å². The van der Waals surface area contributed by atoms with Gasteiger partial charge < -0.3 is 9.47 Å². The van der Waals surface area contributed by atoms with Crippen LogP contribution < -0.4 is 25.6 Å². The molecule has 12 rings (SSSR count). The zero-order valence-corrected chi connectivity index (χ0v) is 36.4. The van der Waals surface area contributed by atoms with Gasteiger partial charge in [-0.25, -0.2) is 0 Å². The van der Waals surface area contributed by atoms with E-state index >= 15 is 0 Å². The van der Waals surface area contributed by atoms with Gasteiger partial charge in [-0.05, 0) is 98.0 Å². The Morgan fingerprint density at radius 2 is 1.05 bits per heavy atom. The number of aromatic nitrogens is 1. The van der Waals surface area contributed by atoms with Crippen molar-refractivity contribution >= 4 is 84.6 Å². The molecule has 4 heteroatoms. The van der Waals surface area contributed by atoms with Gasteiger partial charge in [0, 0.05) is 33.8 Å². The van der Waals surface area contributed by atoms with Crippen LogP contribution in [0, 0.1) is 0 Å². The SMILES string of the molecule is CC1(I)c2ccccc2-c2ccc3c(c21)C1C=CC=CC1N3c1cccc([Si](c2ccccc2)(c2ccccc2)c2cccc(-n3c4ccccc4c4ccccc43)c2)c1. The lowest BCUT2D eigenvalue weighted by molar-refractivity contribution is 0.735. The molecule has 1 aromatic heterocycles. The standard InChI is InChI=1S/C56H41IN2Si/c1-56(57)49-30-12-8-26-44(49)47-34-35-53-54(55(47)56)48-29-11-15-33-52(48)59(53)39-19-17-25-43(37-39)60(40-20-4-2-5-21-40,41-22-6-3-7-23-41)42-24-16-18-38(36-42)58-50-31-13-9-27-45(50)46-28-10-14-32-51(46)58/h2-37,48,52H,1H3. The average Bonchev–Trinajstić information content (AvgIpc) is 3.91. The van der Waals surface area contributed by atoms with Gasteiger partial charge in [0.2, 0.25) is 0 Å². The van der Waals surface area contributed by atoms with Crippen LogP contribution in [-0.2, 0) is 3.42 Å². The molecule has 2 nitrogen and oxygen atoms in total. The third-order valence-electron chi connectivity index (χ3n) is 13.5. The van der Waals surface area contributed by atoms with Crippen molar-refractivity contribution in [3.8, 4) is 16.8 Å². The van der Waals surface area contributed by atoms with Crippen LogP contribution in [0.2, 0.25) is 0 Å². The summed E-state index contributed by atoms with van der Waals surface area (Å²) in [6.45, 7) is 2.41. The second-order valence-electron chi connectivity index (χ2n) is 16.6. The summed E-state index contributed by atoms with van der Waals surface area (Å²) in [4.78, 5) is 2.64. The molecule has 0 N–H and O–H groups in total. The fraction of sp³-hybridized carbons (Fsp3) is 0.0714. The Labute approximate surface area is 365 Å². The molecule has 0 saturated carbocycles. The number of para-hydroxylation sites is 2. The highest BCUT2D eigenvalue weighted by molar-refractivity contribution is 14.1. The summed E-state index contributed by atoms with van der Waals surface area (Å²) in [6, 6.07) is 73.4. The molecule has 3 aliphatic rings. The molecule has 0 radical (unpaired) electrons. The summed E-state index contributed by atoms with van der Waals surface area (Å²) in [7, 11) is -2.95. The van der Waals surface area contributed by atoms with E-state index in [0.29, 0.717) is 0 Å². The molecule has 2 heterocycles. The number of halogens is 1. The van der Waals surface area contributed by atoms with Gasteiger partial charge in [-0.1, -0.05) is 199 Å². The molecule has 0 fully saturated rings. The first-order valence-corrected chi connectivity index (χ1v) is 24.0. The van der Waals surface area contributed by atoms with Crippen molar-refractivity contribution in [3.05, 3.63) is 235 Å². The third-order valence-corrected chi connectivity index (χ3v) is 19.4. The minimum Gasteiger partial charge on any atom is -0.333 e. The van der Waals surface area contributed by atoms with Gasteiger partial charge in [-0.15, -0.1) is 0 Å². The minimum atomic E-state index is -2.95. The Bertz CT molecular complexity index is 3120. The van der Waals surface area contributed by atoms with E-state index in [1.165, 1.54) is 87.4 Å². The van der Waals surface area contributed by atoms with Crippen molar-refractivity contribution in [2.24, 2.45) is 0 Å². The van der Waals surface area contributed by atoms with Crippen LogP contribution in [0.15, 0.2) is 218 Å². The van der Waals surface area contributed by atoms with Gasteiger partial charge in [0.1, 0.15) is 0 Å². The molecule has 0 saturated heterocycles. The maximum absolute atomic E-state index is 2.95. The van der Waals surface area contributed by atoms with Crippen LogP contribution in [0.25, 0.3) is 38.6 Å². The summed E-state index contributed by atoms with van der Waals surface area (Å²) < 4.78 is 2.33. The molecular weight excluding hydrogens is 856 g/mol. The van der Waals surface area contributed by atoms with Crippen molar-refractivity contribution in [1.29, 1.82) is 0 Å². The maximum atomic E-state index is 2.72. The van der Waals surface area contributed by atoms with Crippen molar-refractivity contribution in [1.82, 2.24) is 4.57 Å². The van der Waals surface area contributed by atoms with E-state index in [0.717, 1.165) is 0 Å². The number of benzene rings is 8. The number of hydrogen-bond acceptors (Lipinski definition) is 1. The molecule has 3 atom stereocenters. The van der Waals surface area contributed by atoms with Gasteiger partial charge in [0.15, 0.2) is 8.07 Å². The van der Waals surface area contributed by atoms with Crippen LogP contribution in [0.1, 0.15) is 29.5 Å². The summed E-state index contributed by atoms with van der Waals surface area (Å²) in [5.74, 6) is 0.250. The first kappa shape index (κ1) is 35.7. The molecule has 8 aromatic carbocycles. The molecule has 2 aliphatic carbocycles. The number of fused-ring (bicyclic) bond motifs is 10. The zero-order valence-electron chi connectivity index (χ0n) is 33.2. The van der Waals surface area contributed by atoms with Crippen molar-refractivity contribution in [2.75, 3.05) is 4.90 Å². The van der Waals surface area contributed by atoms with Crippen LogP contribution in [0.5, 0.6) is 0 Å². The van der Waals surface area contributed by atoms with E-state index in [1.54, 1.807) is 0 Å². The topological polar surface area (TPSA) is 8.17 Å². The third kappa shape index (κ3) is 5.04. The lowest BCUT2D eigenvalue weighted by Gasteiger charge is -2.36. The Kier molecular flexibility index (Phi) is 8.13. The first-order chi connectivity index (χ1) is 29.5. The van der Waals surface area contributed by atoms with Crippen LogP contribution in [0.3, 0.4) is 0 Å². The number of anilines is 2. The molecule has 286 valence electrons. The molecule has 1 aliphatic heterocycles. The molecule has 0 bridgehead atoms. The van der Waals surface area contributed by atoms with Gasteiger partial charge in [0.25, 0.3) is 0 Å². The van der Waals surface area contributed by atoms with Crippen LogP contribution in [-0.4, -0.2) is 18.7 Å². The Hall–Kier alpha value is -6.21. The fourth-order valence-electron chi connectivity index (χ4n) is 11.1. The first-order valence-electron chi connectivity index (χ1n) is 21.0. The van der Waals surface area contributed by atoms with E-state index in [4.69, 9.17) is 0 Å². The summed E-state index contributed by atoms with van der Waals surface area (Å²) in [5, 5.41) is 7.99. The van der Waals surface area contributed by atoms with E-state index in [1.807, 2.05) is 0 Å². The van der Waals surface area contributed by atoms with Crippen LogP contribution >= 0.6 is 22.6 Å². The summed E-state index contributed by atoms with van der Waals surface area (Å²) in [6.07, 6.45) is 9.36. The lowest BCUT2D eigenvalue weighted by Crippen LogP contribution is -2.74. The number of allylic oxidation sites excluding steroid dienone is 2. The molecule has 9 aromatic rings. The fourth-order valence-corrected chi connectivity index (χ4v) is 16.9. The molecule has 0 spiro atoms. The average molecular weight is 897 g/mol. The second-order valence-corrected chi connectivity index (χ2v) is 22.5. The lowest BCUT2D eigenvalue weighted by atomic mass is 9.84. The Balaban J connectivity index is 1.10. The number of alkyl halides is 1. The number of hydrogen-bond donors (Lipinski definition) is 0. The van der Waals surface area contributed by atoms with Crippen molar-refractivity contribution in [2.45, 2.75) is 22.3 Å². The predicted octanol–water partition coefficient (Wildman–Crippen LogP) is 11.6. The normalized spacial score (nSPS) is 18.7. The quantitative estimate of drug-likeness (QED) is 0.0699. The van der Waals surface area contributed by atoms with Gasteiger partial charge in [-0.2, -0.15) is 0 Å². The predicted molar refractivity (Wildman–Crippen MR) is 264 cm³/mol. The smallest absolute Gasteiger partial charge is 0.179 e.